The minimum Gasteiger partial charge on any atom is -0.479 e. The van der Waals surface area contributed by atoms with Crippen LogP contribution < -0.4 is 16.8 Å². The van der Waals surface area contributed by atoms with Gasteiger partial charge in [-0.1, -0.05) is 30.3 Å². The van der Waals surface area contributed by atoms with Crippen molar-refractivity contribution >= 4 is 23.7 Å². The number of hydrogen-bond donors (Lipinski definition) is 4. The lowest BCUT2D eigenvalue weighted by molar-refractivity contribution is -0.147. The highest BCUT2D eigenvalue weighted by Crippen LogP contribution is 2.20. The SMILES string of the molecule is NC(=O)C[C@@H](N)C(=O)N1CCCC[C@H]1C(=O)N[C@H](C(=O)O)c1ccccc1. The molecule has 0 bridgehead atoms. The van der Waals surface area contributed by atoms with Crippen molar-refractivity contribution < 1.29 is 24.3 Å². The highest BCUT2D eigenvalue weighted by molar-refractivity contribution is 5.93. The Bertz CT molecular complexity index is 709. The van der Waals surface area contributed by atoms with Gasteiger partial charge in [0.1, 0.15) is 6.04 Å². The van der Waals surface area contributed by atoms with E-state index in [0.29, 0.717) is 24.9 Å². The second-order valence-corrected chi connectivity index (χ2v) is 6.51. The number of aliphatic carboxylic acids is 1. The van der Waals surface area contributed by atoms with Crippen molar-refractivity contribution in [3.8, 4) is 0 Å². The van der Waals surface area contributed by atoms with Crippen LogP contribution in [0.2, 0.25) is 0 Å². The first-order valence-electron chi connectivity index (χ1n) is 8.73. The standard InChI is InChI=1S/C18H24N4O5/c19-12(10-14(20)23)17(25)22-9-5-4-8-13(22)16(24)21-15(18(26)27)11-6-2-1-3-7-11/h1-3,6-7,12-13,15H,4-5,8-10,19H2,(H2,20,23)(H,21,24)(H,26,27)/t12-,13+,15+/m1/s1. The number of likely N-dealkylation sites (tertiary alicyclic amines) is 1. The molecule has 146 valence electrons. The lowest BCUT2D eigenvalue weighted by Crippen LogP contribution is -2.57. The third kappa shape index (κ3) is 5.27. The summed E-state index contributed by atoms with van der Waals surface area (Å²) in [7, 11) is 0. The molecule has 3 amide bonds. The molecule has 1 saturated heterocycles. The molecule has 3 atom stereocenters. The van der Waals surface area contributed by atoms with Crippen molar-refractivity contribution in [1.29, 1.82) is 0 Å². The van der Waals surface area contributed by atoms with Gasteiger partial charge in [-0.3, -0.25) is 14.4 Å². The summed E-state index contributed by atoms with van der Waals surface area (Å²) in [6.45, 7) is 0.312. The molecule has 0 spiro atoms. The van der Waals surface area contributed by atoms with Gasteiger partial charge in [0.2, 0.25) is 17.7 Å². The van der Waals surface area contributed by atoms with Gasteiger partial charge in [0.25, 0.3) is 0 Å². The van der Waals surface area contributed by atoms with Crippen molar-refractivity contribution in [2.45, 2.75) is 43.8 Å². The van der Waals surface area contributed by atoms with E-state index in [2.05, 4.69) is 5.32 Å². The lowest BCUT2D eigenvalue weighted by atomic mass is 9.98. The van der Waals surface area contributed by atoms with Crippen LogP contribution in [0.3, 0.4) is 0 Å². The number of primary amides is 1. The van der Waals surface area contributed by atoms with Gasteiger partial charge in [-0.05, 0) is 24.8 Å². The molecule has 1 aliphatic heterocycles. The van der Waals surface area contributed by atoms with Gasteiger partial charge < -0.3 is 26.8 Å². The van der Waals surface area contributed by atoms with Crippen LogP contribution in [0.15, 0.2) is 30.3 Å². The van der Waals surface area contributed by atoms with Crippen LogP contribution in [0.4, 0.5) is 0 Å². The topological polar surface area (TPSA) is 156 Å². The first kappa shape index (κ1) is 20.4. The van der Waals surface area contributed by atoms with E-state index in [9.17, 15) is 24.3 Å². The fraction of sp³-hybridized carbons (Fsp3) is 0.444. The molecule has 1 aromatic carbocycles. The number of carbonyl (C=O) groups is 4. The number of piperidine rings is 1. The largest absolute Gasteiger partial charge is 0.479 e. The number of amides is 3. The zero-order valence-corrected chi connectivity index (χ0v) is 14.8. The van der Waals surface area contributed by atoms with E-state index in [1.807, 2.05) is 0 Å². The summed E-state index contributed by atoms with van der Waals surface area (Å²) < 4.78 is 0. The second-order valence-electron chi connectivity index (χ2n) is 6.51. The van der Waals surface area contributed by atoms with Crippen LogP contribution in [0.25, 0.3) is 0 Å². The highest BCUT2D eigenvalue weighted by atomic mass is 16.4. The number of carboxylic acids is 1. The van der Waals surface area contributed by atoms with Gasteiger partial charge in [0.05, 0.1) is 12.5 Å². The van der Waals surface area contributed by atoms with E-state index in [1.165, 1.54) is 4.90 Å². The molecule has 0 saturated carbocycles. The molecule has 9 heteroatoms. The monoisotopic (exact) mass is 376 g/mol. The Kier molecular flexibility index (Phi) is 6.89. The maximum absolute atomic E-state index is 12.7. The second kappa shape index (κ2) is 9.13. The van der Waals surface area contributed by atoms with E-state index >= 15 is 0 Å². The van der Waals surface area contributed by atoms with Crippen LogP contribution in [0.1, 0.15) is 37.3 Å². The zero-order valence-electron chi connectivity index (χ0n) is 14.8. The van der Waals surface area contributed by atoms with Crippen molar-refractivity contribution in [1.82, 2.24) is 10.2 Å². The van der Waals surface area contributed by atoms with E-state index < -0.39 is 41.8 Å². The zero-order chi connectivity index (χ0) is 20.0. The molecule has 1 fully saturated rings. The minimum atomic E-state index is -1.23. The van der Waals surface area contributed by atoms with Gasteiger partial charge >= 0.3 is 5.97 Å². The molecule has 27 heavy (non-hydrogen) atoms. The minimum absolute atomic E-state index is 0.312. The Morgan fingerprint density at radius 2 is 1.85 bits per heavy atom. The highest BCUT2D eigenvalue weighted by Gasteiger charge is 2.36. The number of carbonyl (C=O) groups excluding carboxylic acids is 3. The van der Waals surface area contributed by atoms with Gasteiger partial charge in [0, 0.05) is 6.54 Å². The summed E-state index contributed by atoms with van der Waals surface area (Å²) in [5, 5.41) is 12.0. The van der Waals surface area contributed by atoms with Crippen molar-refractivity contribution in [3.63, 3.8) is 0 Å². The van der Waals surface area contributed by atoms with Gasteiger partial charge in [-0.15, -0.1) is 0 Å². The summed E-state index contributed by atoms with van der Waals surface area (Å²) in [5.41, 5.74) is 11.2. The Labute approximate surface area is 156 Å². The van der Waals surface area contributed by atoms with Crippen LogP contribution in [0, 0.1) is 0 Å². The van der Waals surface area contributed by atoms with Gasteiger partial charge in [0.15, 0.2) is 6.04 Å². The predicted octanol–water partition coefficient (Wildman–Crippen LogP) is -0.488. The first-order valence-corrected chi connectivity index (χ1v) is 8.73. The Hall–Kier alpha value is -2.94. The normalized spacial score (nSPS) is 19.0. The van der Waals surface area contributed by atoms with Crippen molar-refractivity contribution in [2.24, 2.45) is 11.5 Å². The lowest BCUT2D eigenvalue weighted by Gasteiger charge is -2.36. The average molecular weight is 376 g/mol. The fourth-order valence-electron chi connectivity index (χ4n) is 3.16. The summed E-state index contributed by atoms with van der Waals surface area (Å²) in [6.07, 6.45) is 1.49. The fourth-order valence-corrected chi connectivity index (χ4v) is 3.16. The molecule has 1 aromatic rings. The number of nitrogens with zero attached hydrogens (tertiary/aromatic N) is 1. The molecule has 6 N–H and O–H groups in total. The number of hydrogen-bond acceptors (Lipinski definition) is 5. The molecule has 1 aliphatic rings. The van der Waals surface area contributed by atoms with Gasteiger partial charge in [-0.2, -0.15) is 0 Å². The van der Waals surface area contributed by atoms with Crippen molar-refractivity contribution in [3.05, 3.63) is 35.9 Å². The van der Waals surface area contributed by atoms with Crippen LogP contribution in [-0.2, 0) is 19.2 Å². The maximum Gasteiger partial charge on any atom is 0.330 e. The molecule has 9 nitrogen and oxygen atoms in total. The van der Waals surface area contributed by atoms with E-state index in [-0.39, 0.29) is 6.42 Å². The number of benzene rings is 1. The van der Waals surface area contributed by atoms with E-state index in [1.54, 1.807) is 30.3 Å². The number of rotatable bonds is 7. The van der Waals surface area contributed by atoms with Crippen LogP contribution >= 0.6 is 0 Å². The Morgan fingerprint density at radius 3 is 2.44 bits per heavy atom. The number of carboxylic acid groups (broad SMARTS) is 1. The van der Waals surface area contributed by atoms with Crippen LogP contribution in [-0.4, -0.2) is 52.3 Å². The molecule has 0 aliphatic carbocycles. The maximum atomic E-state index is 12.7. The smallest absolute Gasteiger partial charge is 0.330 e. The summed E-state index contributed by atoms with van der Waals surface area (Å²) in [4.78, 5) is 49.2. The quantitative estimate of drug-likeness (QED) is 0.503. The van der Waals surface area contributed by atoms with E-state index in [4.69, 9.17) is 11.5 Å². The predicted molar refractivity (Wildman–Crippen MR) is 96.1 cm³/mol. The van der Waals surface area contributed by atoms with Gasteiger partial charge in [-0.25, -0.2) is 4.79 Å². The molecular formula is C18H24N4O5. The van der Waals surface area contributed by atoms with E-state index in [0.717, 1.165) is 6.42 Å². The Morgan fingerprint density at radius 1 is 1.19 bits per heavy atom. The Balaban J connectivity index is 2.15. The number of nitrogens with two attached hydrogens (primary N) is 2. The summed E-state index contributed by atoms with van der Waals surface area (Å²) >= 11 is 0. The van der Waals surface area contributed by atoms with Crippen LogP contribution in [0.5, 0.6) is 0 Å². The third-order valence-corrected chi connectivity index (χ3v) is 4.49. The molecule has 0 aromatic heterocycles. The summed E-state index contributed by atoms with van der Waals surface area (Å²) in [5.74, 6) is -3.01. The third-order valence-electron chi connectivity index (χ3n) is 4.49. The van der Waals surface area contributed by atoms with Crippen molar-refractivity contribution in [2.75, 3.05) is 6.54 Å². The molecule has 0 radical (unpaired) electrons. The number of nitrogens with one attached hydrogen (secondary N) is 1. The molecular weight excluding hydrogens is 352 g/mol. The molecule has 0 unspecified atom stereocenters. The average Bonchev–Trinajstić information content (AvgIpc) is 2.65. The first-order chi connectivity index (χ1) is 12.8. The summed E-state index contributed by atoms with van der Waals surface area (Å²) in [6, 6.07) is 5.12. The molecule has 1 heterocycles. The molecule has 2 rings (SSSR count).